The van der Waals surface area contributed by atoms with E-state index in [0.29, 0.717) is 18.5 Å². The van der Waals surface area contributed by atoms with E-state index in [9.17, 15) is 0 Å². The van der Waals surface area contributed by atoms with Crippen molar-refractivity contribution < 1.29 is 0 Å². The SMILES string of the molecule is Cc1ccn2cc(CN=C(N)NC3CCN(Cc4ccccc4)CC3)nc2c1.I. The molecule has 0 spiro atoms. The number of pyridine rings is 1. The minimum absolute atomic E-state index is 0. The molecule has 1 aliphatic heterocycles. The van der Waals surface area contributed by atoms with Crippen molar-refractivity contribution in [1.82, 2.24) is 19.6 Å². The second-order valence-corrected chi connectivity index (χ2v) is 7.58. The quantitative estimate of drug-likeness (QED) is 0.318. The van der Waals surface area contributed by atoms with E-state index in [-0.39, 0.29) is 24.0 Å². The van der Waals surface area contributed by atoms with Gasteiger partial charge < -0.3 is 15.5 Å². The van der Waals surface area contributed by atoms with Gasteiger partial charge in [0.2, 0.25) is 0 Å². The third-order valence-electron chi connectivity index (χ3n) is 5.27. The summed E-state index contributed by atoms with van der Waals surface area (Å²) in [5, 5.41) is 3.38. The van der Waals surface area contributed by atoms with Crippen molar-refractivity contribution in [2.75, 3.05) is 13.1 Å². The highest BCUT2D eigenvalue weighted by Gasteiger charge is 2.19. The molecule has 1 aromatic carbocycles. The predicted octanol–water partition coefficient (Wildman–Crippen LogP) is 3.33. The molecule has 0 unspecified atom stereocenters. The lowest BCUT2D eigenvalue weighted by Crippen LogP contribution is -2.46. The fourth-order valence-electron chi connectivity index (χ4n) is 3.71. The van der Waals surface area contributed by atoms with Crippen LogP contribution in [0.15, 0.2) is 59.9 Å². The molecule has 3 N–H and O–H groups in total. The number of benzene rings is 1. The molecule has 1 aliphatic rings. The van der Waals surface area contributed by atoms with Crippen LogP contribution >= 0.6 is 24.0 Å². The number of nitrogens with two attached hydrogens (primary N) is 1. The molecule has 6 nitrogen and oxygen atoms in total. The molecule has 3 aromatic rings. The Balaban J connectivity index is 0.00000240. The van der Waals surface area contributed by atoms with Gasteiger partial charge in [-0.15, -0.1) is 24.0 Å². The van der Waals surface area contributed by atoms with Gasteiger partial charge in [0.25, 0.3) is 0 Å². The molecule has 3 heterocycles. The number of piperidine rings is 1. The van der Waals surface area contributed by atoms with Crippen LogP contribution in [0.5, 0.6) is 0 Å². The highest BCUT2D eigenvalue weighted by atomic mass is 127. The number of guanidine groups is 1. The molecule has 154 valence electrons. The number of hydrogen-bond donors (Lipinski definition) is 2. The van der Waals surface area contributed by atoms with Crippen LogP contribution < -0.4 is 11.1 Å². The first-order chi connectivity index (χ1) is 13.7. The van der Waals surface area contributed by atoms with Crippen molar-refractivity contribution in [3.05, 3.63) is 71.7 Å². The number of aliphatic imine (C=N–C) groups is 1. The Kier molecular flexibility index (Phi) is 7.49. The molecule has 0 atom stereocenters. The minimum Gasteiger partial charge on any atom is -0.370 e. The smallest absolute Gasteiger partial charge is 0.189 e. The summed E-state index contributed by atoms with van der Waals surface area (Å²) >= 11 is 0. The van der Waals surface area contributed by atoms with Gasteiger partial charge >= 0.3 is 0 Å². The van der Waals surface area contributed by atoms with E-state index < -0.39 is 0 Å². The van der Waals surface area contributed by atoms with Crippen molar-refractivity contribution in [1.29, 1.82) is 0 Å². The molecule has 7 heteroatoms. The Morgan fingerprint density at radius 3 is 2.72 bits per heavy atom. The number of aromatic nitrogens is 2. The Morgan fingerprint density at radius 1 is 1.21 bits per heavy atom. The fraction of sp³-hybridized carbons (Fsp3) is 0.364. The van der Waals surface area contributed by atoms with Gasteiger partial charge in [0.15, 0.2) is 5.96 Å². The third-order valence-corrected chi connectivity index (χ3v) is 5.27. The normalized spacial score (nSPS) is 16.0. The lowest BCUT2D eigenvalue weighted by molar-refractivity contribution is 0.199. The first kappa shape index (κ1) is 21.6. The minimum atomic E-state index is 0. The van der Waals surface area contributed by atoms with Gasteiger partial charge in [0, 0.05) is 38.1 Å². The highest BCUT2D eigenvalue weighted by Crippen LogP contribution is 2.14. The van der Waals surface area contributed by atoms with Crippen LogP contribution in [0.2, 0.25) is 0 Å². The monoisotopic (exact) mass is 504 g/mol. The molecule has 4 rings (SSSR count). The van der Waals surface area contributed by atoms with Crippen molar-refractivity contribution in [2.45, 2.75) is 38.9 Å². The average molecular weight is 504 g/mol. The van der Waals surface area contributed by atoms with Gasteiger partial charge in [-0.1, -0.05) is 30.3 Å². The van der Waals surface area contributed by atoms with E-state index in [2.05, 4.69) is 69.6 Å². The summed E-state index contributed by atoms with van der Waals surface area (Å²) in [6.07, 6.45) is 6.19. The largest absolute Gasteiger partial charge is 0.370 e. The van der Waals surface area contributed by atoms with E-state index in [1.165, 1.54) is 11.1 Å². The van der Waals surface area contributed by atoms with Gasteiger partial charge in [-0.25, -0.2) is 9.98 Å². The molecule has 2 aromatic heterocycles. The van der Waals surface area contributed by atoms with Crippen LogP contribution in [0.3, 0.4) is 0 Å². The van der Waals surface area contributed by atoms with Crippen molar-refractivity contribution in [3.63, 3.8) is 0 Å². The standard InChI is InChI=1S/C22H28N6.HI/c1-17-7-12-28-16-20(25-21(28)13-17)14-24-22(23)26-19-8-10-27(11-9-19)15-18-5-3-2-4-6-18;/h2-7,12-13,16,19H,8-11,14-15H2,1H3,(H3,23,24,26);1H. The summed E-state index contributed by atoms with van der Waals surface area (Å²) < 4.78 is 2.02. The second kappa shape index (κ2) is 10.1. The second-order valence-electron chi connectivity index (χ2n) is 7.58. The number of likely N-dealkylation sites (tertiary alicyclic amines) is 1. The van der Waals surface area contributed by atoms with Crippen molar-refractivity contribution >= 4 is 35.6 Å². The predicted molar refractivity (Wildman–Crippen MR) is 129 cm³/mol. The number of nitrogens with zero attached hydrogens (tertiary/aromatic N) is 4. The van der Waals surface area contributed by atoms with Crippen molar-refractivity contribution in [3.8, 4) is 0 Å². The molecule has 0 aliphatic carbocycles. The van der Waals surface area contributed by atoms with E-state index >= 15 is 0 Å². The molecule has 29 heavy (non-hydrogen) atoms. The van der Waals surface area contributed by atoms with E-state index in [1.807, 2.05) is 16.8 Å². The van der Waals surface area contributed by atoms with Crippen LogP contribution in [0.4, 0.5) is 0 Å². The summed E-state index contributed by atoms with van der Waals surface area (Å²) in [6, 6.07) is 15.2. The molecule has 0 radical (unpaired) electrons. The lowest BCUT2D eigenvalue weighted by atomic mass is 10.0. The van der Waals surface area contributed by atoms with Crippen LogP contribution in [-0.2, 0) is 13.1 Å². The maximum absolute atomic E-state index is 6.12. The van der Waals surface area contributed by atoms with Crippen LogP contribution in [0.1, 0.15) is 29.7 Å². The summed E-state index contributed by atoms with van der Waals surface area (Å²) in [5.41, 5.74) is 10.6. The average Bonchev–Trinajstić information content (AvgIpc) is 3.11. The maximum atomic E-state index is 6.12. The van der Waals surface area contributed by atoms with Crippen LogP contribution in [0, 0.1) is 6.92 Å². The number of nitrogens with one attached hydrogen (secondary N) is 1. The zero-order valence-electron chi connectivity index (χ0n) is 16.8. The number of fused-ring (bicyclic) bond motifs is 1. The maximum Gasteiger partial charge on any atom is 0.189 e. The Bertz CT molecular complexity index is 944. The Hall–Kier alpha value is -2.13. The summed E-state index contributed by atoms with van der Waals surface area (Å²) in [6.45, 7) is 5.73. The van der Waals surface area contributed by atoms with Gasteiger partial charge in [-0.2, -0.15) is 0 Å². The first-order valence-corrected chi connectivity index (χ1v) is 9.93. The number of aryl methyl sites for hydroxylation is 1. The summed E-state index contributed by atoms with van der Waals surface area (Å²) in [4.78, 5) is 11.6. The number of halogens is 1. The Labute approximate surface area is 189 Å². The molecule has 1 fully saturated rings. The third kappa shape index (κ3) is 5.93. The molecule has 1 saturated heterocycles. The molecule has 0 amide bonds. The first-order valence-electron chi connectivity index (χ1n) is 9.93. The summed E-state index contributed by atoms with van der Waals surface area (Å²) in [5.74, 6) is 0.509. The van der Waals surface area contributed by atoms with Gasteiger partial charge in [-0.3, -0.25) is 4.90 Å². The van der Waals surface area contributed by atoms with Gasteiger partial charge in [-0.05, 0) is 43.0 Å². The molecule has 0 saturated carbocycles. The van der Waals surface area contributed by atoms with Crippen molar-refractivity contribution in [2.24, 2.45) is 10.7 Å². The summed E-state index contributed by atoms with van der Waals surface area (Å²) in [7, 11) is 0. The molecule has 0 bridgehead atoms. The zero-order valence-corrected chi connectivity index (χ0v) is 19.1. The van der Waals surface area contributed by atoms with E-state index in [4.69, 9.17) is 5.73 Å². The molecular formula is C22H29IN6. The number of hydrogen-bond acceptors (Lipinski definition) is 3. The van der Waals surface area contributed by atoms with E-state index in [1.54, 1.807) is 0 Å². The highest BCUT2D eigenvalue weighted by molar-refractivity contribution is 14.0. The van der Waals surface area contributed by atoms with Gasteiger partial charge in [0.1, 0.15) is 5.65 Å². The Morgan fingerprint density at radius 2 is 1.97 bits per heavy atom. The lowest BCUT2D eigenvalue weighted by Gasteiger charge is -2.32. The van der Waals surface area contributed by atoms with E-state index in [0.717, 1.165) is 43.8 Å². The zero-order chi connectivity index (χ0) is 19.3. The van der Waals surface area contributed by atoms with Crippen LogP contribution in [0.25, 0.3) is 5.65 Å². The topological polar surface area (TPSA) is 71.0 Å². The number of rotatable bonds is 5. The van der Waals surface area contributed by atoms with Crippen LogP contribution in [-0.4, -0.2) is 39.4 Å². The molecular weight excluding hydrogens is 475 g/mol. The number of imidazole rings is 1. The van der Waals surface area contributed by atoms with Gasteiger partial charge in [0.05, 0.1) is 12.2 Å². The fourth-order valence-corrected chi connectivity index (χ4v) is 3.71.